The molecule has 0 aliphatic heterocycles. The molecule has 1 aromatic rings. The van der Waals surface area contributed by atoms with E-state index >= 15 is 0 Å². The van der Waals surface area contributed by atoms with Gasteiger partial charge in [0.25, 0.3) is 0 Å². The van der Waals surface area contributed by atoms with E-state index in [4.69, 9.17) is 0 Å². The summed E-state index contributed by atoms with van der Waals surface area (Å²) in [7, 11) is 1.79. The third-order valence-electron chi connectivity index (χ3n) is 3.93. The van der Waals surface area contributed by atoms with Crippen molar-refractivity contribution >= 4 is 17.4 Å². The lowest BCUT2D eigenvalue weighted by molar-refractivity contribution is -0.129. The topological polar surface area (TPSA) is 58.2 Å². The van der Waals surface area contributed by atoms with Crippen molar-refractivity contribution in [2.24, 2.45) is 17.8 Å². The second kappa shape index (κ2) is 8.69. The van der Waals surface area contributed by atoms with Gasteiger partial charge < -0.3 is 10.6 Å². The summed E-state index contributed by atoms with van der Waals surface area (Å²) in [6.07, 6.45) is 0.264. The molecule has 122 valence electrons. The molecule has 1 aromatic carbocycles. The molecule has 0 heterocycles. The smallest absolute Gasteiger partial charge is 0.228 e. The lowest BCUT2D eigenvalue weighted by atomic mass is 9.86. The second-order valence-electron chi connectivity index (χ2n) is 6.39. The number of ketones is 1. The van der Waals surface area contributed by atoms with E-state index < -0.39 is 0 Å². The summed E-state index contributed by atoms with van der Waals surface area (Å²) in [6.45, 7) is 7.97. The molecule has 0 aromatic heterocycles. The number of para-hydroxylation sites is 1. The number of likely N-dealkylation sites (N-methyl/N-ethyl adjacent to an activating group) is 1. The van der Waals surface area contributed by atoms with E-state index in [-0.39, 0.29) is 41.9 Å². The molecule has 22 heavy (non-hydrogen) atoms. The van der Waals surface area contributed by atoms with Crippen LogP contribution in [0.1, 0.15) is 34.1 Å². The Morgan fingerprint density at radius 2 is 1.59 bits per heavy atom. The molecule has 0 fully saturated rings. The van der Waals surface area contributed by atoms with Crippen LogP contribution in [0, 0.1) is 17.8 Å². The van der Waals surface area contributed by atoms with Gasteiger partial charge in [0.2, 0.25) is 5.91 Å². The molecule has 4 nitrogen and oxygen atoms in total. The van der Waals surface area contributed by atoms with Crippen molar-refractivity contribution < 1.29 is 9.59 Å². The van der Waals surface area contributed by atoms with E-state index in [1.165, 1.54) is 0 Å². The highest BCUT2D eigenvalue weighted by Gasteiger charge is 2.29. The maximum absolute atomic E-state index is 12.5. The molecular formula is C18H28N2O2. The SMILES string of the molecule is CN[C@H](C(=O)C[C@H](C(=O)Nc1ccccc1)C(C)C)C(C)C. The summed E-state index contributed by atoms with van der Waals surface area (Å²) in [5.41, 5.74) is 0.764. The maximum atomic E-state index is 12.5. The number of carbonyl (C=O) groups excluding carboxylic acids is 2. The van der Waals surface area contributed by atoms with Gasteiger partial charge in [0.15, 0.2) is 5.78 Å². The molecule has 2 atom stereocenters. The van der Waals surface area contributed by atoms with E-state index in [2.05, 4.69) is 10.6 Å². The van der Waals surface area contributed by atoms with Gasteiger partial charge in [-0.3, -0.25) is 9.59 Å². The number of anilines is 1. The van der Waals surface area contributed by atoms with Crippen molar-refractivity contribution in [1.82, 2.24) is 5.32 Å². The first-order valence-corrected chi connectivity index (χ1v) is 7.92. The molecule has 0 saturated heterocycles. The van der Waals surface area contributed by atoms with Crippen LogP contribution < -0.4 is 10.6 Å². The number of amides is 1. The Hall–Kier alpha value is -1.68. The largest absolute Gasteiger partial charge is 0.326 e. The van der Waals surface area contributed by atoms with Crippen LogP contribution in [0.25, 0.3) is 0 Å². The highest BCUT2D eigenvalue weighted by atomic mass is 16.2. The lowest BCUT2D eigenvalue weighted by Gasteiger charge is -2.24. The quantitative estimate of drug-likeness (QED) is 0.776. The minimum Gasteiger partial charge on any atom is -0.326 e. The van der Waals surface area contributed by atoms with Crippen molar-refractivity contribution in [3.63, 3.8) is 0 Å². The first-order chi connectivity index (χ1) is 10.4. The van der Waals surface area contributed by atoms with Crippen LogP contribution in [0.2, 0.25) is 0 Å². The molecule has 0 bridgehead atoms. The van der Waals surface area contributed by atoms with Crippen LogP contribution in [-0.2, 0) is 9.59 Å². The van der Waals surface area contributed by atoms with Gasteiger partial charge in [-0.25, -0.2) is 0 Å². The van der Waals surface area contributed by atoms with Gasteiger partial charge in [0, 0.05) is 18.0 Å². The molecule has 0 unspecified atom stereocenters. The van der Waals surface area contributed by atoms with E-state index in [0.717, 1.165) is 5.69 Å². The van der Waals surface area contributed by atoms with Gasteiger partial charge in [0.1, 0.15) is 0 Å². The Morgan fingerprint density at radius 3 is 2.05 bits per heavy atom. The first-order valence-electron chi connectivity index (χ1n) is 7.92. The van der Waals surface area contributed by atoms with Gasteiger partial charge in [-0.05, 0) is 31.0 Å². The van der Waals surface area contributed by atoms with Crippen LogP contribution in [0.15, 0.2) is 30.3 Å². The fourth-order valence-electron chi connectivity index (χ4n) is 2.60. The van der Waals surface area contributed by atoms with Crippen LogP contribution >= 0.6 is 0 Å². The number of hydrogen-bond acceptors (Lipinski definition) is 3. The molecule has 0 saturated carbocycles. The highest BCUT2D eigenvalue weighted by molar-refractivity contribution is 5.96. The van der Waals surface area contributed by atoms with Gasteiger partial charge in [-0.2, -0.15) is 0 Å². The second-order valence-corrected chi connectivity index (χ2v) is 6.39. The summed E-state index contributed by atoms with van der Waals surface area (Å²) in [5, 5.41) is 5.96. The third kappa shape index (κ3) is 5.26. The van der Waals surface area contributed by atoms with Crippen LogP contribution in [0.5, 0.6) is 0 Å². The minimum atomic E-state index is -0.317. The molecule has 0 aliphatic carbocycles. The van der Waals surface area contributed by atoms with Crippen molar-refractivity contribution in [3.8, 4) is 0 Å². The Bertz CT molecular complexity index is 483. The number of Topliss-reactive ketones (excluding diaryl/α,β-unsaturated/α-hetero) is 1. The summed E-state index contributed by atoms with van der Waals surface area (Å²) in [4.78, 5) is 24.9. The first kappa shape index (κ1) is 18.4. The normalized spacial score (nSPS) is 14.0. The zero-order valence-electron chi connectivity index (χ0n) is 14.2. The number of hydrogen-bond donors (Lipinski definition) is 2. The summed E-state index contributed by atoms with van der Waals surface area (Å²) >= 11 is 0. The Balaban J connectivity index is 2.77. The van der Waals surface area contributed by atoms with E-state index in [1.54, 1.807) is 7.05 Å². The number of benzene rings is 1. The fraction of sp³-hybridized carbons (Fsp3) is 0.556. The van der Waals surface area contributed by atoms with Crippen LogP contribution in [0.4, 0.5) is 5.69 Å². The highest BCUT2D eigenvalue weighted by Crippen LogP contribution is 2.20. The van der Waals surface area contributed by atoms with E-state index in [9.17, 15) is 9.59 Å². The van der Waals surface area contributed by atoms with E-state index in [0.29, 0.717) is 0 Å². The summed E-state index contributed by atoms with van der Waals surface area (Å²) in [6, 6.07) is 9.15. The van der Waals surface area contributed by atoms with Crippen LogP contribution in [0.3, 0.4) is 0 Å². The summed E-state index contributed by atoms with van der Waals surface area (Å²) < 4.78 is 0. The molecule has 4 heteroatoms. The maximum Gasteiger partial charge on any atom is 0.228 e. The van der Waals surface area contributed by atoms with Crippen molar-refractivity contribution in [2.45, 2.75) is 40.2 Å². The fourth-order valence-corrected chi connectivity index (χ4v) is 2.60. The zero-order chi connectivity index (χ0) is 16.7. The van der Waals surface area contributed by atoms with Crippen molar-refractivity contribution in [3.05, 3.63) is 30.3 Å². The zero-order valence-corrected chi connectivity index (χ0v) is 14.2. The average molecular weight is 304 g/mol. The number of carbonyl (C=O) groups is 2. The van der Waals surface area contributed by atoms with Gasteiger partial charge in [-0.15, -0.1) is 0 Å². The minimum absolute atomic E-state index is 0.0897. The van der Waals surface area contributed by atoms with Gasteiger partial charge >= 0.3 is 0 Å². The molecule has 0 aliphatic rings. The molecule has 1 rings (SSSR count). The number of nitrogens with one attached hydrogen (secondary N) is 2. The third-order valence-corrected chi connectivity index (χ3v) is 3.93. The molecule has 2 N–H and O–H groups in total. The van der Waals surface area contributed by atoms with Crippen LogP contribution in [-0.4, -0.2) is 24.8 Å². The van der Waals surface area contributed by atoms with E-state index in [1.807, 2.05) is 58.0 Å². The predicted molar refractivity (Wildman–Crippen MR) is 90.7 cm³/mol. The standard InChI is InChI=1S/C18H28N2O2/c1-12(2)15(11-16(21)17(19-5)13(3)4)18(22)20-14-9-7-6-8-10-14/h6-10,12-13,15,17,19H,11H2,1-5H3,(H,20,22)/t15-,17-/m0/s1. The molecular weight excluding hydrogens is 276 g/mol. The Labute approximate surface area is 133 Å². The van der Waals surface area contributed by atoms with Gasteiger partial charge in [0.05, 0.1) is 6.04 Å². The molecule has 0 radical (unpaired) electrons. The summed E-state index contributed by atoms with van der Waals surface area (Å²) in [5.74, 6) is 0.00899. The predicted octanol–water partition coefficient (Wildman–Crippen LogP) is 3.10. The Kier molecular flexibility index (Phi) is 7.25. The Morgan fingerprint density at radius 1 is 1.00 bits per heavy atom. The monoisotopic (exact) mass is 304 g/mol. The van der Waals surface area contributed by atoms with Crippen molar-refractivity contribution in [1.29, 1.82) is 0 Å². The number of rotatable bonds is 8. The van der Waals surface area contributed by atoms with Crippen molar-refractivity contribution in [2.75, 3.05) is 12.4 Å². The lowest BCUT2D eigenvalue weighted by Crippen LogP contribution is -2.41. The molecule has 1 amide bonds. The molecule has 0 spiro atoms. The van der Waals surface area contributed by atoms with Gasteiger partial charge in [-0.1, -0.05) is 45.9 Å². The average Bonchev–Trinajstić information content (AvgIpc) is 2.45.